The van der Waals surface area contributed by atoms with E-state index < -0.39 is 17.2 Å². The van der Waals surface area contributed by atoms with Crippen molar-refractivity contribution in [3.05, 3.63) is 12.2 Å². The van der Waals surface area contributed by atoms with E-state index in [0.717, 1.165) is 12.8 Å². The summed E-state index contributed by atoms with van der Waals surface area (Å²) < 4.78 is 41.0. The number of rotatable bonds is 0. The Kier molecular flexibility index (Phi) is 3.59. The highest BCUT2D eigenvalue weighted by molar-refractivity contribution is 5.91. The summed E-state index contributed by atoms with van der Waals surface area (Å²) in [5.74, 6) is 0.951. The molecule has 5 heteroatoms. The lowest BCUT2D eigenvalue weighted by molar-refractivity contribution is -0.303. The molecule has 3 fully saturated rings. The Morgan fingerprint density at radius 3 is 2.44 bits per heavy atom. The number of allylic oxidation sites excluding steroid dienone is 2. The average Bonchev–Trinajstić information content (AvgIpc) is 2.81. The number of carbonyl (C=O) groups excluding carboxylic acids is 1. The Balaban J connectivity index is 1.69. The van der Waals surface area contributed by atoms with Gasteiger partial charge >= 0.3 is 6.18 Å². The van der Waals surface area contributed by atoms with Crippen LogP contribution in [-0.2, 0) is 4.79 Å². The van der Waals surface area contributed by atoms with E-state index in [1.54, 1.807) is 13.0 Å². The minimum Gasteiger partial charge on any atom is -0.380 e. The maximum Gasteiger partial charge on any atom is 0.417 e. The fourth-order valence-corrected chi connectivity index (χ4v) is 7.12. The quantitative estimate of drug-likeness (QED) is 0.685. The third-order valence-electron chi connectivity index (χ3n) is 8.66. The number of halogens is 3. The topological polar surface area (TPSA) is 37.3 Å². The van der Waals surface area contributed by atoms with E-state index in [4.69, 9.17) is 0 Å². The molecule has 3 saturated carbocycles. The monoisotopic (exact) mass is 356 g/mol. The molecule has 0 saturated heterocycles. The first-order valence-electron chi connectivity index (χ1n) is 9.54. The highest BCUT2D eigenvalue weighted by atomic mass is 19.4. The largest absolute Gasteiger partial charge is 0.417 e. The van der Waals surface area contributed by atoms with E-state index in [-0.39, 0.29) is 29.5 Å². The molecule has 0 heterocycles. The number of hydrogen-bond acceptors (Lipinski definition) is 2. The fraction of sp³-hybridized carbons (Fsp3) is 0.850. The van der Waals surface area contributed by atoms with E-state index in [9.17, 15) is 23.1 Å². The maximum atomic E-state index is 13.7. The molecule has 7 atom stereocenters. The number of fused-ring (bicyclic) bond motifs is 5. The first kappa shape index (κ1) is 17.6. The third kappa shape index (κ3) is 2.11. The molecule has 4 aliphatic rings. The molecule has 0 unspecified atom stereocenters. The van der Waals surface area contributed by atoms with Gasteiger partial charge in [-0.1, -0.05) is 19.9 Å². The van der Waals surface area contributed by atoms with Crippen molar-refractivity contribution in [3.63, 3.8) is 0 Å². The standard InChI is InChI=1S/C20H27F3O2/c1-17-8-5-13(24)11-12(17)3-4-14-15(17)6-9-18(2)16(14)7-10-19(18,25)20(21,22)23/h5,8,12,14-16,25H,3-4,6-7,9-11H2,1-2H3/t12-,14+,15-,16-,17-,18-,19-/m0/s1. The Bertz CT molecular complexity index is 627. The summed E-state index contributed by atoms with van der Waals surface area (Å²) in [5.41, 5.74) is -3.72. The van der Waals surface area contributed by atoms with Crippen molar-refractivity contribution >= 4 is 5.78 Å². The van der Waals surface area contributed by atoms with Crippen molar-refractivity contribution in [1.82, 2.24) is 0 Å². The summed E-state index contributed by atoms with van der Waals surface area (Å²) in [6, 6.07) is 0. The SMILES string of the molecule is C[C@]12C=CC(=O)C[C@@H]1CC[C@@H]1[C@@H]2CC[C@@]2(C)[C@H]1CC[C@@]2(O)C(F)(F)F. The van der Waals surface area contributed by atoms with Crippen LogP contribution in [0.5, 0.6) is 0 Å². The number of aliphatic hydroxyl groups is 1. The molecule has 0 aromatic heterocycles. The van der Waals surface area contributed by atoms with Gasteiger partial charge in [-0.25, -0.2) is 0 Å². The summed E-state index contributed by atoms with van der Waals surface area (Å²) in [6.07, 6.45) is 2.95. The third-order valence-corrected chi connectivity index (χ3v) is 8.66. The van der Waals surface area contributed by atoms with Crippen LogP contribution in [0.3, 0.4) is 0 Å². The second kappa shape index (κ2) is 5.11. The molecule has 0 aliphatic heterocycles. The van der Waals surface area contributed by atoms with E-state index >= 15 is 0 Å². The van der Waals surface area contributed by atoms with Gasteiger partial charge in [0.2, 0.25) is 0 Å². The summed E-state index contributed by atoms with van der Waals surface area (Å²) in [4.78, 5) is 11.8. The molecule has 4 aliphatic carbocycles. The van der Waals surface area contributed by atoms with Gasteiger partial charge in [-0.15, -0.1) is 0 Å². The smallest absolute Gasteiger partial charge is 0.380 e. The van der Waals surface area contributed by atoms with Crippen LogP contribution < -0.4 is 0 Å². The Labute approximate surface area is 146 Å². The molecular weight excluding hydrogens is 329 g/mol. The zero-order valence-electron chi connectivity index (χ0n) is 14.9. The Morgan fingerprint density at radius 2 is 1.76 bits per heavy atom. The lowest BCUT2D eigenvalue weighted by atomic mass is 9.45. The van der Waals surface area contributed by atoms with Gasteiger partial charge in [0.25, 0.3) is 0 Å². The molecule has 0 aromatic rings. The molecule has 0 aromatic carbocycles. The van der Waals surface area contributed by atoms with Crippen LogP contribution in [0.2, 0.25) is 0 Å². The molecule has 140 valence electrons. The van der Waals surface area contributed by atoms with E-state index in [1.165, 1.54) is 0 Å². The highest BCUT2D eigenvalue weighted by Gasteiger charge is 2.72. The van der Waals surface area contributed by atoms with Crippen molar-refractivity contribution in [2.24, 2.45) is 34.5 Å². The minimum atomic E-state index is -4.57. The minimum absolute atomic E-state index is 0.0818. The predicted octanol–water partition coefficient (Wildman–Crippen LogP) is 4.67. The van der Waals surface area contributed by atoms with Crippen molar-refractivity contribution in [3.8, 4) is 0 Å². The molecule has 0 spiro atoms. The zero-order valence-corrected chi connectivity index (χ0v) is 14.9. The van der Waals surface area contributed by atoms with E-state index in [0.29, 0.717) is 37.5 Å². The van der Waals surface area contributed by atoms with Crippen LogP contribution in [0.1, 0.15) is 58.8 Å². The molecule has 25 heavy (non-hydrogen) atoms. The van der Waals surface area contributed by atoms with Crippen molar-refractivity contribution < 1.29 is 23.1 Å². The number of hydrogen-bond donors (Lipinski definition) is 1. The van der Waals surface area contributed by atoms with Crippen LogP contribution in [0, 0.1) is 34.5 Å². The van der Waals surface area contributed by atoms with Gasteiger partial charge in [-0.05, 0) is 73.7 Å². The molecule has 2 nitrogen and oxygen atoms in total. The highest BCUT2D eigenvalue weighted by Crippen LogP contribution is 2.69. The second-order valence-electron chi connectivity index (χ2n) is 9.37. The summed E-state index contributed by atoms with van der Waals surface area (Å²) in [5, 5.41) is 10.6. The van der Waals surface area contributed by atoms with Gasteiger partial charge in [0, 0.05) is 11.8 Å². The van der Waals surface area contributed by atoms with E-state index in [2.05, 4.69) is 6.92 Å². The molecule has 4 rings (SSSR count). The number of alkyl halides is 3. The van der Waals surface area contributed by atoms with Gasteiger partial charge in [-0.2, -0.15) is 13.2 Å². The van der Waals surface area contributed by atoms with Gasteiger partial charge in [-0.3, -0.25) is 4.79 Å². The van der Waals surface area contributed by atoms with Crippen LogP contribution in [-0.4, -0.2) is 22.7 Å². The number of ketones is 1. The van der Waals surface area contributed by atoms with Crippen molar-refractivity contribution in [2.45, 2.75) is 70.6 Å². The van der Waals surface area contributed by atoms with Crippen molar-refractivity contribution in [1.29, 1.82) is 0 Å². The Hall–Kier alpha value is -0.840. The first-order chi connectivity index (χ1) is 11.5. The van der Waals surface area contributed by atoms with Gasteiger partial charge in [0.1, 0.15) is 0 Å². The Morgan fingerprint density at radius 1 is 1.08 bits per heavy atom. The van der Waals surface area contributed by atoms with Gasteiger partial charge in [0.05, 0.1) is 0 Å². The number of carbonyl (C=O) groups is 1. The molecule has 1 N–H and O–H groups in total. The van der Waals surface area contributed by atoms with Gasteiger partial charge < -0.3 is 5.11 Å². The summed E-state index contributed by atoms with van der Waals surface area (Å²) in [6.45, 7) is 3.87. The van der Waals surface area contributed by atoms with Crippen LogP contribution in [0.25, 0.3) is 0 Å². The molecule has 0 radical (unpaired) electrons. The van der Waals surface area contributed by atoms with Crippen LogP contribution in [0.15, 0.2) is 12.2 Å². The summed E-state index contributed by atoms with van der Waals surface area (Å²) in [7, 11) is 0. The molecule has 0 bridgehead atoms. The molecular formula is C20H27F3O2. The van der Waals surface area contributed by atoms with Gasteiger partial charge in [0.15, 0.2) is 11.4 Å². The maximum absolute atomic E-state index is 13.7. The lowest BCUT2D eigenvalue weighted by Crippen LogP contribution is -2.60. The zero-order chi connectivity index (χ0) is 18.3. The molecule has 0 amide bonds. The predicted molar refractivity (Wildman–Crippen MR) is 87.6 cm³/mol. The van der Waals surface area contributed by atoms with Crippen molar-refractivity contribution in [2.75, 3.05) is 0 Å². The lowest BCUT2D eigenvalue weighted by Gasteiger charge is -2.59. The van der Waals surface area contributed by atoms with E-state index in [1.807, 2.05) is 6.08 Å². The first-order valence-corrected chi connectivity index (χ1v) is 9.54. The average molecular weight is 356 g/mol. The normalized spacial score (nSPS) is 52.5. The second-order valence-corrected chi connectivity index (χ2v) is 9.37. The fourth-order valence-electron chi connectivity index (χ4n) is 7.12. The van der Waals surface area contributed by atoms with Crippen LogP contribution in [0.4, 0.5) is 13.2 Å². The summed E-state index contributed by atoms with van der Waals surface area (Å²) >= 11 is 0. The van der Waals surface area contributed by atoms with Crippen LogP contribution >= 0.6 is 0 Å².